The van der Waals surface area contributed by atoms with E-state index in [1.807, 2.05) is 0 Å². The maximum atomic E-state index is 10.3. The van der Waals surface area contributed by atoms with Gasteiger partial charge in [0.2, 0.25) is 0 Å². The van der Waals surface area contributed by atoms with Crippen molar-refractivity contribution >= 4 is 0 Å². The van der Waals surface area contributed by atoms with Gasteiger partial charge in [0.15, 0.2) is 0 Å². The minimum absolute atomic E-state index is 0.102. The Morgan fingerprint density at radius 3 is 2.50 bits per heavy atom. The second-order valence-corrected chi connectivity index (χ2v) is 6.30. The van der Waals surface area contributed by atoms with Crippen LogP contribution in [0.1, 0.15) is 26.7 Å². The highest BCUT2D eigenvalue weighted by atomic mass is 16.5. The van der Waals surface area contributed by atoms with E-state index in [0.29, 0.717) is 17.4 Å². The van der Waals surface area contributed by atoms with Gasteiger partial charge in [-0.2, -0.15) is 0 Å². The molecule has 1 aliphatic heterocycles. The standard InChI is InChI=1S/C13H23NO2/c1-13(2)9-7-10(13)12(11(15)8-9)14-3-5-16-6-4-14/h9-12,15H,3-8H2,1-2H3/t9-,10+,11+,12?/m0/s1. The number of rotatable bonds is 1. The van der Waals surface area contributed by atoms with Gasteiger partial charge in [0.05, 0.1) is 19.3 Å². The topological polar surface area (TPSA) is 32.7 Å². The molecule has 1 N–H and O–H groups in total. The third-order valence-corrected chi connectivity index (χ3v) is 5.35. The van der Waals surface area contributed by atoms with Crippen LogP contribution in [0.3, 0.4) is 0 Å². The lowest BCUT2D eigenvalue weighted by molar-refractivity contribution is -0.180. The van der Waals surface area contributed by atoms with Crippen molar-refractivity contribution in [3.63, 3.8) is 0 Å². The molecule has 2 bridgehead atoms. The number of ether oxygens (including phenoxy) is 1. The first-order valence-electron chi connectivity index (χ1n) is 6.60. The molecule has 3 heteroatoms. The monoisotopic (exact) mass is 225 g/mol. The Balaban J connectivity index is 1.76. The summed E-state index contributed by atoms with van der Waals surface area (Å²) >= 11 is 0. The molecule has 0 radical (unpaired) electrons. The molecule has 0 aromatic carbocycles. The lowest BCUT2D eigenvalue weighted by Crippen LogP contribution is -2.66. The van der Waals surface area contributed by atoms with Gasteiger partial charge in [0, 0.05) is 19.1 Å². The second-order valence-electron chi connectivity index (χ2n) is 6.30. The summed E-state index contributed by atoms with van der Waals surface area (Å²) in [5.41, 5.74) is 0.447. The van der Waals surface area contributed by atoms with Crippen LogP contribution in [0.25, 0.3) is 0 Å². The molecule has 1 saturated heterocycles. The smallest absolute Gasteiger partial charge is 0.0701 e. The molecule has 16 heavy (non-hydrogen) atoms. The average molecular weight is 225 g/mol. The first-order chi connectivity index (χ1) is 7.60. The molecule has 3 saturated carbocycles. The maximum absolute atomic E-state index is 10.3. The van der Waals surface area contributed by atoms with Crippen molar-refractivity contribution < 1.29 is 9.84 Å². The quantitative estimate of drug-likeness (QED) is 0.726. The zero-order valence-corrected chi connectivity index (χ0v) is 10.4. The van der Waals surface area contributed by atoms with Crippen LogP contribution in [0.5, 0.6) is 0 Å². The number of morpholine rings is 1. The SMILES string of the molecule is CC1(C)[C@@H]2C[C@@H](O)C(N3CCOCC3)[C@H]1C2. The van der Waals surface area contributed by atoms with Crippen molar-refractivity contribution in [2.75, 3.05) is 26.3 Å². The largest absolute Gasteiger partial charge is 0.391 e. The van der Waals surface area contributed by atoms with Crippen molar-refractivity contribution in [3.05, 3.63) is 0 Å². The molecule has 0 aromatic heterocycles. The molecule has 4 atom stereocenters. The van der Waals surface area contributed by atoms with E-state index in [0.717, 1.165) is 38.6 Å². The molecular weight excluding hydrogens is 202 g/mol. The molecule has 0 amide bonds. The lowest BCUT2D eigenvalue weighted by Gasteiger charge is -2.63. The molecule has 92 valence electrons. The number of fused-ring (bicyclic) bond motifs is 2. The molecule has 0 aromatic rings. The molecule has 3 aliphatic carbocycles. The predicted octanol–water partition coefficient (Wildman–Crippen LogP) is 1.11. The van der Waals surface area contributed by atoms with E-state index >= 15 is 0 Å². The van der Waals surface area contributed by atoms with E-state index in [4.69, 9.17) is 4.74 Å². The Kier molecular flexibility index (Phi) is 2.54. The molecule has 4 rings (SSSR count). The van der Waals surface area contributed by atoms with Gasteiger partial charge in [-0.1, -0.05) is 13.8 Å². The second kappa shape index (κ2) is 3.69. The van der Waals surface area contributed by atoms with E-state index in [1.165, 1.54) is 6.42 Å². The Hall–Kier alpha value is -0.120. The Morgan fingerprint density at radius 2 is 1.88 bits per heavy atom. The van der Waals surface area contributed by atoms with Crippen LogP contribution in [0.4, 0.5) is 0 Å². The van der Waals surface area contributed by atoms with Crippen LogP contribution in [-0.4, -0.2) is 48.5 Å². The summed E-state index contributed by atoms with van der Waals surface area (Å²) in [7, 11) is 0. The summed E-state index contributed by atoms with van der Waals surface area (Å²) in [6, 6.07) is 0.392. The summed E-state index contributed by atoms with van der Waals surface area (Å²) < 4.78 is 5.40. The van der Waals surface area contributed by atoms with Gasteiger partial charge in [-0.15, -0.1) is 0 Å². The van der Waals surface area contributed by atoms with E-state index in [-0.39, 0.29) is 6.10 Å². The van der Waals surface area contributed by atoms with Gasteiger partial charge in [-0.25, -0.2) is 0 Å². The van der Waals surface area contributed by atoms with Crippen LogP contribution in [0.2, 0.25) is 0 Å². The van der Waals surface area contributed by atoms with Crippen molar-refractivity contribution in [1.82, 2.24) is 4.90 Å². The number of aliphatic hydroxyl groups is 1. The number of aliphatic hydroxyl groups excluding tert-OH is 1. The molecule has 0 spiro atoms. The van der Waals surface area contributed by atoms with Crippen LogP contribution >= 0.6 is 0 Å². The van der Waals surface area contributed by atoms with Gasteiger partial charge in [0.1, 0.15) is 0 Å². The summed E-state index contributed by atoms with van der Waals surface area (Å²) in [5.74, 6) is 1.45. The predicted molar refractivity (Wildman–Crippen MR) is 62.2 cm³/mol. The maximum Gasteiger partial charge on any atom is 0.0701 e. The molecule has 3 nitrogen and oxygen atoms in total. The number of hydrogen-bond acceptors (Lipinski definition) is 3. The first-order valence-corrected chi connectivity index (χ1v) is 6.60. The van der Waals surface area contributed by atoms with E-state index in [1.54, 1.807) is 0 Å². The highest BCUT2D eigenvalue weighted by Gasteiger charge is 2.58. The molecular formula is C13H23NO2. The first kappa shape index (κ1) is 11.0. The number of hydrogen-bond donors (Lipinski definition) is 1. The molecule has 1 unspecified atom stereocenters. The highest BCUT2D eigenvalue weighted by Crippen LogP contribution is 2.60. The summed E-state index contributed by atoms with van der Waals surface area (Å²) in [6.45, 7) is 8.42. The molecule has 4 fully saturated rings. The van der Waals surface area contributed by atoms with Gasteiger partial charge in [-0.05, 0) is 30.1 Å². The van der Waals surface area contributed by atoms with Crippen molar-refractivity contribution in [2.24, 2.45) is 17.3 Å². The summed E-state index contributed by atoms with van der Waals surface area (Å²) in [5, 5.41) is 10.3. The van der Waals surface area contributed by atoms with Crippen LogP contribution in [0, 0.1) is 17.3 Å². The minimum atomic E-state index is -0.102. The third-order valence-electron chi connectivity index (χ3n) is 5.35. The van der Waals surface area contributed by atoms with E-state index in [2.05, 4.69) is 18.7 Å². The van der Waals surface area contributed by atoms with Gasteiger partial charge in [0.25, 0.3) is 0 Å². The van der Waals surface area contributed by atoms with Crippen LogP contribution in [0.15, 0.2) is 0 Å². The zero-order chi connectivity index (χ0) is 11.3. The highest BCUT2D eigenvalue weighted by molar-refractivity contribution is 5.09. The Labute approximate surface area is 97.8 Å². The average Bonchev–Trinajstić information content (AvgIpc) is 2.29. The Bertz CT molecular complexity index is 273. The van der Waals surface area contributed by atoms with Gasteiger partial charge < -0.3 is 9.84 Å². The van der Waals surface area contributed by atoms with E-state index in [9.17, 15) is 5.11 Å². The lowest BCUT2D eigenvalue weighted by atomic mass is 9.46. The fourth-order valence-electron chi connectivity index (χ4n) is 4.11. The van der Waals surface area contributed by atoms with Crippen LogP contribution < -0.4 is 0 Å². The van der Waals surface area contributed by atoms with E-state index < -0.39 is 0 Å². The van der Waals surface area contributed by atoms with Gasteiger partial charge >= 0.3 is 0 Å². The number of nitrogens with zero attached hydrogens (tertiary/aromatic N) is 1. The van der Waals surface area contributed by atoms with Crippen molar-refractivity contribution in [1.29, 1.82) is 0 Å². The van der Waals surface area contributed by atoms with Gasteiger partial charge in [-0.3, -0.25) is 4.90 Å². The summed E-state index contributed by atoms with van der Waals surface area (Å²) in [6.07, 6.45) is 2.23. The molecule has 1 heterocycles. The fraction of sp³-hybridized carbons (Fsp3) is 1.00. The third kappa shape index (κ3) is 1.45. The molecule has 4 aliphatic rings. The van der Waals surface area contributed by atoms with Crippen LogP contribution in [-0.2, 0) is 4.74 Å². The van der Waals surface area contributed by atoms with Crippen molar-refractivity contribution in [3.8, 4) is 0 Å². The minimum Gasteiger partial charge on any atom is -0.391 e. The van der Waals surface area contributed by atoms with Crippen molar-refractivity contribution in [2.45, 2.75) is 38.8 Å². The fourth-order valence-corrected chi connectivity index (χ4v) is 4.11. The zero-order valence-electron chi connectivity index (χ0n) is 10.4. The summed E-state index contributed by atoms with van der Waals surface area (Å²) in [4.78, 5) is 2.47. The Morgan fingerprint density at radius 1 is 1.19 bits per heavy atom. The normalized spacial score (nSPS) is 47.4.